The van der Waals surface area contributed by atoms with Crippen molar-refractivity contribution in [1.82, 2.24) is 0 Å². The molecule has 18 heavy (non-hydrogen) atoms. The Bertz CT molecular complexity index is 809. The van der Waals surface area contributed by atoms with Crippen molar-refractivity contribution in [2.45, 2.75) is 0 Å². The van der Waals surface area contributed by atoms with Crippen LogP contribution in [0.2, 0.25) is 0 Å². The SMILES string of the molecule is c1ccc2c(c1)c1c(c3ccccc32)=NOCN=1. The van der Waals surface area contributed by atoms with Crippen LogP contribution in [0.3, 0.4) is 0 Å². The summed E-state index contributed by atoms with van der Waals surface area (Å²) in [5.74, 6) is 0. The van der Waals surface area contributed by atoms with E-state index in [0.29, 0.717) is 6.73 Å². The summed E-state index contributed by atoms with van der Waals surface area (Å²) in [6, 6.07) is 16.5. The molecule has 0 aromatic heterocycles. The molecule has 1 heterocycles. The second-order valence-electron chi connectivity index (χ2n) is 4.30. The van der Waals surface area contributed by atoms with E-state index >= 15 is 0 Å². The number of hydrogen-bond acceptors (Lipinski definition) is 3. The summed E-state index contributed by atoms with van der Waals surface area (Å²) in [6.07, 6.45) is 0. The van der Waals surface area contributed by atoms with Crippen LogP contribution in [-0.4, -0.2) is 6.73 Å². The highest BCUT2D eigenvalue weighted by molar-refractivity contribution is 6.06. The Hall–Kier alpha value is -2.42. The van der Waals surface area contributed by atoms with E-state index < -0.39 is 0 Å². The third kappa shape index (κ3) is 1.19. The summed E-state index contributed by atoms with van der Waals surface area (Å²) >= 11 is 0. The summed E-state index contributed by atoms with van der Waals surface area (Å²) in [7, 11) is 0. The molecule has 3 heteroatoms. The van der Waals surface area contributed by atoms with Crippen molar-refractivity contribution in [3.05, 3.63) is 59.2 Å². The first kappa shape index (κ1) is 9.59. The summed E-state index contributed by atoms with van der Waals surface area (Å²) in [6.45, 7) is 0.301. The molecule has 0 saturated carbocycles. The van der Waals surface area contributed by atoms with Crippen LogP contribution in [0.5, 0.6) is 0 Å². The van der Waals surface area contributed by atoms with E-state index in [9.17, 15) is 0 Å². The van der Waals surface area contributed by atoms with Crippen molar-refractivity contribution in [3.63, 3.8) is 0 Å². The molecular weight excluding hydrogens is 224 g/mol. The van der Waals surface area contributed by atoms with Gasteiger partial charge in [0.25, 0.3) is 0 Å². The smallest absolute Gasteiger partial charge is 0.207 e. The van der Waals surface area contributed by atoms with Gasteiger partial charge in [-0.3, -0.25) is 0 Å². The monoisotopic (exact) mass is 234 g/mol. The summed E-state index contributed by atoms with van der Waals surface area (Å²) in [5, 5.41) is 10.6. The molecule has 0 unspecified atom stereocenters. The lowest BCUT2D eigenvalue weighted by atomic mass is 10.0. The highest BCUT2D eigenvalue weighted by Gasteiger charge is 2.08. The largest absolute Gasteiger partial charge is 0.371 e. The molecule has 0 atom stereocenters. The van der Waals surface area contributed by atoms with Gasteiger partial charge in [-0.15, -0.1) is 0 Å². The molecular formula is C15H10N2O. The van der Waals surface area contributed by atoms with Gasteiger partial charge in [0.15, 0.2) is 0 Å². The molecule has 0 saturated heterocycles. The van der Waals surface area contributed by atoms with Gasteiger partial charge in [-0.05, 0) is 10.8 Å². The molecule has 3 aromatic carbocycles. The fourth-order valence-corrected chi connectivity index (χ4v) is 2.54. The second-order valence-corrected chi connectivity index (χ2v) is 4.30. The number of rotatable bonds is 0. The third-order valence-corrected chi connectivity index (χ3v) is 3.32. The Morgan fingerprint density at radius 3 is 1.94 bits per heavy atom. The van der Waals surface area contributed by atoms with Crippen LogP contribution in [0.4, 0.5) is 0 Å². The molecule has 1 aliphatic heterocycles. The van der Waals surface area contributed by atoms with E-state index in [1.54, 1.807) is 0 Å². The van der Waals surface area contributed by atoms with E-state index in [2.05, 4.69) is 40.5 Å². The minimum Gasteiger partial charge on any atom is -0.371 e. The molecule has 3 aromatic rings. The molecule has 0 radical (unpaired) electrons. The van der Waals surface area contributed by atoms with Gasteiger partial charge < -0.3 is 4.84 Å². The number of benzene rings is 3. The van der Waals surface area contributed by atoms with Crippen LogP contribution >= 0.6 is 0 Å². The van der Waals surface area contributed by atoms with E-state index in [4.69, 9.17) is 4.84 Å². The van der Waals surface area contributed by atoms with Gasteiger partial charge in [0, 0.05) is 10.8 Å². The van der Waals surface area contributed by atoms with Gasteiger partial charge in [-0.25, -0.2) is 4.99 Å². The van der Waals surface area contributed by atoms with E-state index in [-0.39, 0.29) is 0 Å². The quantitative estimate of drug-likeness (QED) is 0.549. The molecule has 0 fully saturated rings. The Morgan fingerprint density at radius 2 is 1.28 bits per heavy atom. The standard InChI is InChI=1S/C15H10N2O/c1-3-7-12-10(5-1)11-6-2-4-8-13(11)15-14(12)16-9-18-17-15/h1-8H,9H2. The molecule has 4 rings (SSSR count). The minimum absolute atomic E-state index is 0.301. The Balaban J connectivity index is 2.46. The highest BCUT2D eigenvalue weighted by atomic mass is 16.6. The number of fused-ring (bicyclic) bond motifs is 6. The summed E-state index contributed by atoms with van der Waals surface area (Å²) in [4.78, 5) is 9.57. The lowest BCUT2D eigenvalue weighted by Crippen LogP contribution is -2.31. The maximum atomic E-state index is 5.11. The first-order valence-corrected chi connectivity index (χ1v) is 5.89. The van der Waals surface area contributed by atoms with Gasteiger partial charge in [0.05, 0.1) is 5.36 Å². The zero-order chi connectivity index (χ0) is 11.9. The van der Waals surface area contributed by atoms with Crippen LogP contribution in [0, 0.1) is 0 Å². The van der Waals surface area contributed by atoms with Gasteiger partial charge in [-0.2, -0.15) is 0 Å². The third-order valence-electron chi connectivity index (χ3n) is 3.32. The van der Waals surface area contributed by atoms with Gasteiger partial charge in [0.2, 0.25) is 6.73 Å². The molecule has 0 amide bonds. The molecule has 0 spiro atoms. The van der Waals surface area contributed by atoms with Crippen molar-refractivity contribution < 1.29 is 4.84 Å². The van der Waals surface area contributed by atoms with Crippen molar-refractivity contribution >= 4 is 21.5 Å². The Kier molecular flexibility index (Phi) is 1.88. The van der Waals surface area contributed by atoms with Crippen LogP contribution < -0.4 is 10.7 Å². The average Bonchev–Trinajstić information content (AvgIpc) is 2.48. The predicted octanol–water partition coefficient (Wildman–Crippen LogP) is 2.13. The van der Waals surface area contributed by atoms with Crippen LogP contribution in [0.1, 0.15) is 0 Å². The maximum absolute atomic E-state index is 5.11. The second kappa shape index (κ2) is 3.53. The summed E-state index contributed by atoms with van der Waals surface area (Å²) in [5.41, 5.74) is 0. The molecule has 0 bridgehead atoms. The van der Waals surface area contributed by atoms with Crippen LogP contribution in [-0.2, 0) is 4.84 Å². The average molecular weight is 234 g/mol. The van der Waals surface area contributed by atoms with Crippen molar-refractivity contribution in [1.29, 1.82) is 0 Å². The molecule has 86 valence electrons. The number of hydrogen-bond donors (Lipinski definition) is 0. The van der Waals surface area contributed by atoms with E-state index in [0.717, 1.165) is 21.5 Å². The zero-order valence-corrected chi connectivity index (χ0v) is 9.63. The topological polar surface area (TPSA) is 34.0 Å². The Morgan fingerprint density at radius 1 is 0.722 bits per heavy atom. The molecule has 3 nitrogen and oxygen atoms in total. The first-order chi connectivity index (χ1) is 8.95. The maximum Gasteiger partial charge on any atom is 0.207 e. The van der Waals surface area contributed by atoms with Crippen molar-refractivity contribution in [3.8, 4) is 0 Å². The zero-order valence-electron chi connectivity index (χ0n) is 9.63. The van der Waals surface area contributed by atoms with Gasteiger partial charge >= 0.3 is 0 Å². The Labute approximate surface area is 103 Å². The lowest BCUT2D eigenvalue weighted by Gasteiger charge is -2.08. The van der Waals surface area contributed by atoms with E-state index in [1.807, 2.05) is 18.2 Å². The van der Waals surface area contributed by atoms with Crippen LogP contribution in [0.15, 0.2) is 58.7 Å². The van der Waals surface area contributed by atoms with Crippen molar-refractivity contribution in [2.24, 2.45) is 10.1 Å². The molecule has 1 aliphatic rings. The molecule has 0 aliphatic carbocycles. The lowest BCUT2D eigenvalue weighted by molar-refractivity contribution is 0.132. The van der Waals surface area contributed by atoms with Gasteiger partial charge in [-0.1, -0.05) is 53.7 Å². The summed E-state index contributed by atoms with van der Waals surface area (Å²) < 4.78 is 0. The fourth-order valence-electron chi connectivity index (χ4n) is 2.54. The normalized spacial score (nSPS) is 13.6. The number of nitrogens with zero attached hydrogens (tertiary/aromatic N) is 2. The van der Waals surface area contributed by atoms with Crippen LogP contribution in [0.25, 0.3) is 21.5 Å². The van der Waals surface area contributed by atoms with Crippen molar-refractivity contribution in [2.75, 3.05) is 6.73 Å². The van der Waals surface area contributed by atoms with Gasteiger partial charge in [0.1, 0.15) is 5.36 Å². The minimum atomic E-state index is 0.301. The first-order valence-electron chi connectivity index (χ1n) is 5.89. The predicted molar refractivity (Wildman–Crippen MR) is 69.7 cm³/mol. The fraction of sp³-hybridized carbons (Fsp3) is 0.0667. The molecule has 0 N–H and O–H groups in total. The van der Waals surface area contributed by atoms with E-state index in [1.165, 1.54) is 10.8 Å². The highest BCUT2D eigenvalue weighted by Crippen LogP contribution is 2.20.